The summed E-state index contributed by atoms with van der Waals surface area (Å²) in [7, 11) is 0. The molecule has 0 spiro atoms. The number of nitrogens with one attached hydrogen (secondary N) is 1. The second-order valence-electron chi connectivity index (χ2n) is 4.29. The lowest BCUT2D eigenvalue weighted by Gasteiger charge is -2.10. The van der Waals surface area contributed by atoms with Gasteiger partial charge in [0.15, 0.2) is 0 Å². The lowest BCUT2D eigenvalue weighted by Crippen LogP contribution is -1.92. The van der Waals surface area contributed by atoms with Crippen molar-refractivity contribution in [1.29, 1.82) is 0 Å². The number of aromatic amines is 1. The number of nitrogen functional groups attached to an aromatic ring is 1. The van der Waals surface area contributed by atoms with Crippen molar-refractivity contribution in [1.82, 2.24) is 10.2 Å². The highest BCUT2D eigenvalue weighted by Gasteiger charge is 2.12. The van der Waals surface area contributed by atoms with Gasteiger partial charge in [-0.1, -0.05) is 12.1 Å². The fourth-order valence-electron chi connectivity index (χ4n) is 1.90. The Morgan fingerprint density at radius 2 is 1.69 bits per heavy atom. The number of hydrogen-bond donors (Lipinski definition) is 2. The van der Waals surface area contributed by atoms with E-state index in [4.69, 9.17) is 5.73 Å². The number of benzene rings is 1. The molecule has 0 aliphatic rings. The van der Waals surface area contributed by atoms with Gasteiger partial charge in [0.2, 0.25) is 0 Å². The number of hydrogen-bond acceptors (Lipinski definition) is 2. The van der Waals surface area contributed by atoms with Gasteiger partial charge in [0, 0.05) is 11.1 Å². The Hall–Kier alpha value is -1.77. The molecule has 0 unspecified atom stereocenters. The second-order valence-corrected chi connectivity index (χ2v) is 4.29. The van der Waals surface area contributed by atoms with E-state index in [9.17, 15) is 0 Å². The van der Waals surface area contributed by atoms with Gasteiger partial charge in [-0.05, 0) is 44.4 Å². The van der Waals surface area contributed by atoms with Gasteiger partial charge in [-0.25, -0.2) is 0 Å². The smallest absolute Gasteiger partial charge is 0.148 e. The molecule has 3 nitrogen and oxygen atoms in total. The van der Waals surface area contributed by atoms with Crippen LogP contribution in [0.25, 0.3) is 11.3 Å². The lowest BCUT2D eigenvalue weighted by molar-refractivity contribution is 1.10. The van der Waals surface area contributed by atoms with Crippen molar-refractivity contribution in [3.05, 3.63) is 34.4 Å². The summed E-state index contributed by atoms with van der Waals surface area (Å²) in [4.78, 5) is 0. The van der Waals surface area contributed by atoms with E-state index < -0.39 is 0 Å². The molecule has 2 rings (SSSR count). The average Bonchev–Trinajstić information content (AvgIpc) is 2.58. The molecule has 16 heavy (non-hydrogen) atoms. The molecular formula is C13H17N3. The monoisotopic (exact) mass is 215 g/mol. The highest BCUT2D eigenvalue weighted by Crippen LogP contribution is 2.29. The Bertz CT molecular complexity index is 538. The zero-order valence-corrected chi connectivity index (χ0v) is 10.2. The number of nitrogens with zero attached hydrogens (tertiary/aromatic N) is 1. The molecule has 1 heterocycles. The molecule has 0 fully saturated rings. The Morgan fingerprint density at radius 3 is 2.25 bits per heavy atom. The van der Waals surface area contributed by atoms with Gasteiger partial charge in [0.1, 0.15) is 5.82 Å². The third-order valence-corrected chi connectivity index (χ3v) is 3.37. The number of anilines is 1. The zero-order valence-electron chi connectivity index (χ0n) is 10.2. The Labute approximate surface area is 95.7 Å². The molecule has 0 aliphatic heterocycles. The zero-order chi connectivity index (χ0) is 11.9. The molecule has 0 amide bonds. The number of nitrogens with two attached hydrogens (primary N) is 1. The lowest BCUT2D eigenvalue weighted by atomic mass is 9.96. The van der Waals surface area contributed by atoms with Crippen molar-refractivity contribution >= 4 is 5.82 Å². The van der Waals surface area contributed by atoms with Gasteiger partial charge in [0.05, 0.1) is 5.69 Å². The summed E-state index contributed by atoms with van der Waals surface area (Å²) < 4.78 is 0. The van der Waals surface area contributed by atoms with Crippen molar-refractivity contribution in [3.8, 4) is 11.3 Å². The van der Waals surface area contributed by atoms with Gasteiger partial charge in [0.25, 0.3) is 0 Å². The first-order chi connectivity index (χ1) is 7.52. The van der Waals surface area contributed by atoms with Crippen molar-refractivity contribution in [2.24, 2.45) is 0 Å². The minimum Gasteiger partial charge on any atom is -0.382 e. The molecule has 0 bridgehead atoms. The third kappa shape index (κ3) is 1.48. The van der Waals surface area contributed by atoms with Crippen molar-refractivity contribution in [3.63, 3.8) is 0 Å². The SMILES string of the molecule is Cc1ccc(-c2[nH]nc(N)c2C)c(C)c1C. The fraction of sp³-hybridized carbons (Fsp3) is 0.308. The van der Waals surface area contributed by atoms with Crippen LogP contribution in [0.4, 0.5) is 5.82 Å². The van der Waals surface area contributed by atoms with E-state index in [2.05, 4.69) is 43.1 Å². The molecule has 84 valence electrons. The average molecular weight is 215 g/mol. The first-order valence-electron chi connectivity index (χ1n) is 5.40. The van der Waals surface area contributed by atoms with Crippen LogP contribution in [0.1, 0.15) is 22.3 Å². The van der Waals surface area contributed by atoms with Crippen LogP contribution >= 0.6 is 0 Å². The molecule has 2 aromatic rings. The van der Waals surface area contributed by atoms with E-state index in [0.29, 0.717) is 5.82 Å². The molecular weight excluding hydrogens is 198 g/mol. The predicted octanol–water partition coefficient (Wildman–Crippen LogP) is 2.89. The normalized spacial score (nSPS) is 10.8. The minimum absolute atomic E-state index is 0.577. The standard InChI is InChI=1S/C13H17N3/c1-7-5-6-11(9(3)8(7)2)12-10(4)13(14)16-15-12/h5-6H,1-4H3,(H3,14,15,16). The maximum atomic E-state index is 5.75. The van der Waals surface area contributed by atoms with Crippen LogP contribution in [0.5, 0.6) is 0 Å². The highest BCUT2D eigenvalue weighted by molar-refractivity contribution is 5.71. The molecule has 0 saturated carbocycles. The topological polar surface area (TPSA) is 54.7 Å². The fourth-order valence-corrected chi connectivity index (χ4v) is 1.90. The van der Waals surface area contributed by atoms with E-state index in [1.54, 1.807) is 0 Å². The van der Waals surface area contributed by atoms with Crippen LogP contribution in [-0.2, 0) is 0 Å². The van der Waals surface area contributed by atoms with Gasteiger partial charge in [-0.15, -0.1) is 0 Å². The summed E-state index contributed by atoms with van der Waals surface area (Å²) in [5.74, 6) is 0.577. The van der Waals surface area contributed by atoms with Gasteiger partial charge >= 0.3 is 0 Å². The molecule has 1 aromatic heterocycles. The van der Waals surface area contributed by atoms with E-state index >= 15 is 0 Å². The molecule has 0 atom stereocenters. The summed E-state index contributed by atoms with van der Waals surface area (Å²) in [5.41, 5.74) is 12.9. The summed E-state index contributed by atoms with van der Waals surface area (Å²) >= 11 is 0. The number of H-pyrrole nitrogens is 1. The van der Waals surface area contributed by atoms with Crippen LogP contribution in [0.2, 0.25) is 0 Å². The number of aromatic nitrogens is 2. The molecule has 3 heteroatoms. The largest absolute Gasteiger partial charge is 0.382 e. The first kappa shape index (κ1) is 10.7. The Balaban J connectivity index is 2.66. The molecule has 1 aromatic carbocycles. The quantitative estimate of drug-likeness (QED) is 0.768. The summed E-state index contributed by atoms with van der Waals surface area (Å²) in [6, 6.07) is 4.26. The van der Waals surface area contributed by atoms with E-state index in [-0.39, 0.29) is 0 Å². The summed E-state index contributed by atoms with van der Waals surface area (Å²) in [5, 5.41) is 7.04. The molecule has 3 N–H and O–H groups in total. The van der Waals surface area contributed by atoms with E-state index in [0.717, 1.165) is 11.3 Å². The van der Waals surface area contributed by atoms with Crippen LogP contribution in [0, 0.1) is 27.7 Å². The Morgan fingerprint density at radius 1 is 1.00 bits per heavy atom. The summed E-state index contributed by atoms with van der Waals surface area (Å²) in [6.07, 6.45) is 0. The number of rotatable bonds is 1. The van der Waals surface area contributed by atoms with Gasteiger partial charge in [-0.3, -0.25) is 5.10 Å². The van der Waals surface area contributed by atoms with Gasteiger partial charge < -0.3 is 5.73 Å². The maximum absolute atomic E-state index is 5.75. The predicted molar refractivity (Wildman–Crippen MR) is 67.4 cm³/mol. The van der Waals surface area contributed by atoms with Crippen LogP contribution in [0.15, 0.2) is 12.1 Å². The minimum atomic E-state index is 0.577. The second kappa shape index (κ2) is 3.67. The van der Waals surface area contributed by atoms with Crippen molar-refractivity contribution in [2.45, 2.75) is 27.7 Å². The van der Waals surface area contributed by atoms with E-state index in [1.165, 1.54) is 22.3 Å². The summed E-state index contributed by atoms with van der Waals surface area (Å²) in [6.45, 7) is 8.39. The van der Waals surface area contributed by atoms with E-state index in [1.807, 2.05) is 6.92 Å². The number of aryl methyl sites for hydroxylation is 1. The van der Waals surface area contributed by atoms with Crippen molar-refractivity contribution in [2.75, 3.05) is 5.73 Å². The van der Waals surface area contributed by atoms with Crippen LogP contribution < -0.4 is 5.73 Å². The third-order valence-electron chi connectivity index (χ3n) is 3.37. The first-order valence-corrected chi connectivity index (χ1v) is 5.40. The van der Waals surface area contributed by atoms with Crippen LogP contribution in [-0.4, -0.2) is 10.2 Å². The highest BCUT2D eigenvalue weighted by atomic mass is 15.2. The van der Waals surface area contributed by atoms with Crippen LogP contribution in [0.3, 0.4) is 0 Å². The molecule has 0 saturated heterocycles. The molecule has 0 radical (unpaired) electrons. The van der Waals surface area contributed by atoms with Crippen molar-refractivity contribution < 1.29 is 0 Å². The molecule has 0 aliphatic carbocycles. The Kier molecular flexibility index (Phi) is 2.46. The maximum Gasteiger partial charge on any atom is 0.148 e. The van der Waals surface area contributed by atoms with Gasteiger partial charge in [-0.2, -0.15) is 5.10 Å².